The number of carbonyl (C=O) groups is 1. The van der Waals surface area contributed by atoms with E-state index < -0.39 is 0 Å². The van der Waals surface area contributed by atoms with Gasteiger partial charge in [-0.1, -0.05) is 18.2 Å². The van der Waals surface area contributed by atoms with Gasteiger partial charge in [0.25, 0.3) is 5.91 Å². The Morgan fingerprint density at radius 1 is 0.667 bits per heavy atom. The highest BCUT2D eigenvalue weighted by Crippen LogP contribution is 2.20. The first-order chi connectivity index (χ1) is 16.2. The van der Waals surface area contributed by atoms with Crippen LogP contribution in [0.2, 0.25) is 0 Å². The zero-order valence-corrected chi connectivity index (χ0v) is 17.3. The first-order valence-corrected chi connectivity index (χ1v) is 10.1. The van der Waals surface area contributed by atoms with Crippen LogP contribution in [-0.2, 0) is 0 Å². The van der Waals surface area contributed by atoms with E-state index >= 15 is 0 Å². The maximum absolute atomic E-state index is 12.6. The molecule has 3 aromatic heterocycles. The average molecular weight is 434 g/mol. The third-order valence-corrected chi connectivity index (χ3v) is 4.68. The molecule has 0 fully saturated rings. The van der Waals surface area contributed by atoms with E-state index in [0.29, 0.717) is 28.7 Å². The van der Waals surface area contributed by atoms with Crippen molar-refractivity contribution < 1.29 is 4.79 Å². The number of fused-ring (bicyclic) bond motifs is 1. The summed E-state index contributed by atoms with van der Waals surface area (Å²) in [7, 11) is 0. The van der Waals surface area contributed by atoms with Crippen LogP contribution in [0.4, 0.5) is 28.8 Å². The van der Waals surface area contributed by atoms with Crippen LogP contribution in [-0.4, -0.2) is 30.8 Å². The lowest BCUT2D eigenvalue weighted by molar-refractivity contribution is 0.102. The number of carbonyl (C=O) groups excluding carboxylic acids is 1. The van der Waals surface area contributed by atoms with Gasteiger partial charge < -0.3 is 16.0 Å². The highest BCUT2D eigenvalue weighted by Gasteiger charge is 2.10. The second-order valence-electron chi connectivity index (χ2n) is 7.03. The van der Waals surface area contributed by atoms with E-state index in [0.717, 1.165) is 11.2 Å². The molecule has 0 aliphatic heterocycles. The molecule has 0 unspecified atom stereocenters. The van der Waals surface area contributed by atoms with Crippen molar-refractivity contribution in [3.05, 3.63) is 97.2 Å². The second kappa shape index (κ2) is 9.06. The number of hydrogen-bond acceptors (Lipinski definition) is 8. The molecule has 33 heavy (non-hydrogen) atoms. The lowest BCUT2D eigenvalue weighted by Gasteiger charge is -2.09. The first kappa shape index (κ1) is 20.0. The number of benzene rings is 2. The van der Waals surface area contributed by atoms with Gasteiger partial charge in [-0.25, -0.2) is 19.9 Å². The van der Waals surface area contributed by atoms with Crippen LogP contribution in [0.5, 0.6) is 0 Å². The Morgan fingerprint density at radius 3 is 2.18 bits per heavy atom. The molecule has 0 saturated carbocycles. The highest BCUT2D eigenvalue weighted by molar-refractivity contribution is 6.03. The van der Waals surface area contributed by atoms with E-state index in [2.05, 4.69) is 40.9 Å². The first-order valence-electron chi connectivity index (χ1n) is 10.1. The Labute approximate surface area is 189 Å². The van der Waals surface area contributed by atoms with Crippen molar-refractivity contribution in [1.82, 2.24) is 24.9 Å². The summed E-state index contributed by atoms with van der Waals surface area (Å²) in [6.45, 7) is 0. The van der Waals surface area contributed by atoms with Gasteiger partial charge in [0.2, 0.25) is 0 Å². The van der Waals surface area contributed by atoms with E-state index in [1.54, 1.807) is 24.4 Å². The fourth-order valence-electron chi connectivity index (χ4n) is 3.11. The summed E-state index contributed by atoms with van der Waals surface area (Å²) in [5, 5.41) is 9.18. The van der Waals surface area contributed by atoms with Crippen LogP contribution in [0, 0.1) is 0 Å². The summed E-state index contributed by atoms with van der Waals surface area (Å²) in [4.78, 5) is 33.9. The topological polar surface area (TPSA) is 118 Å². The largest absolute Gasteiger partial charge is 0.340 e. The van der Waals surface area contributed by atoms with Gasteiger partial charge in [0.1, 0.15) is 29.5 Å². The number of para-hydroxylation sites is 2. The smallest absolute Gasteiger partial charge is 0.275 e. The minimum absolute atomic E-state index is 0.254. The predicted molar refractivity (Wildman–Crippen MR) is 127 cm³/mol. The fourth-order valence-corrected chi connectivity index (χ4v) is 3.11. The van der Waals surface area contributed by atoms with Crippen molar-refractivity contribution in [2.75, 3.05) is 16.0 Å². The van der Waals surface area contributed by atoms with Crippen LogP contribution in [0.1, 0.15) is 10.5 Å². The summed E-state index contributed by atoms with van der Waals surface area (Å²) in [6.07, 6.45) is 4.64. The van der Waals surface area contributed by atoms with Crippen LogP contribution >= 0.6 is 0 Å². The fraction of sp³-hybridized carbons (Fsp3) is 0. The third kappa shape index (κ3) is 4.88. The molecule has 0 bridgehead atoms. The van der Waals surface area contributed by atoms with Gasteiger partial charge in [0.15, 0.2) is 0 Å². The molecule has 2 aromatic carbocycles. The number of rotatable bonds is 6. The number of hydrogen-bond donors (Lipinski definition) is 3. The molecule has 0 atom stereocenters. The summed E-state index contributed by atoms with van der Waals surface area (Å²) in [5.41, 5.74) is 3.12. The van der Waals surface area contributed by atoms with E-state index in [-0.39, 0.29) is 11.6 Å². The second-order valence-corrected chi connectivity index (χ2v) is 7.03. The average Bonchev–Trinajstić information content (AvgIpc) is 2.86. The molecular formula is C24H18N8O. The Balaban J connectivity index is 1.24. The Kier molecular flexibility index (Phi) is 5.50. The number of nitrogens with one attached hydrogen (secondary N) is 3. The quantitative estimate of drug-likeness (QED) is 0.356. The van der Waals surface area contributed by atoms with E-state index in [1.165, 1.54) is 12.5 Å². The minimum atomic E-state index is -0.324. The molecule has 0 saturated heterocycles. The van der Waals surface area contributed by atoms with Crippen LogP contribution in [0.25, 0.3) is 11.0 Å². The van der Waals surface area contributed by atoms with Gasteiger partial charge in [-0.15, -0.1) is 0 Å². The van der Waals surface area contributed by atoms with Crippen LogP contribution < -0.4 is 16.0 Å². The van der Waals surface area contributed by atoms with Gasteiger partial charge in [-0.3, -0.25) is 9.78 Å². The molecule has 0 aliphatic rings. The number of anilines is 5. The standard InChI is InChI=1S/C24H18N8O/c33-24(20-14-26-18-5-1-2-6-19(18)31-20)30-17-10-8-16(9-11-17)29-22-13-23(28-15-27-22)32-21-7-3-4-12-25-21/h1-15H,(H,30,33)(H2,25,27,28,29,32). The summed E-state index contributed by atoms with van der Waals surface area (Å²) < 4.78 is 0. The van der Waals surface area contributed by atoms with Gasteiger partial charge in [-0.05, 0) is 48.5 Å². The zero-order valence-electron chi connectivity index (χ0n) is 17.3. The van der Waals surface area contributed by atoms with Crippen molar-refractivity contribution in [2.24, 2.45) is 0 Å². The van der Waals surface area contributed by atoms with E-state index in [9.17, 15) is 4.79 Å². The molecule has 9 heteroatoms. The maximum Gasteiger partial charge on any atom is 0.275 e. The molecule has 0 aliphatic carbocycles. The van der Waals surface area contributed by atoms with Crippen LogP contribution in [0.15, 0.2) is 91.5 Å². The lowest BCUT2D eigenvalue weighted by atomic mass is 10.2. The van der Waals surface area contributed by atoms with E-state index in [4.69, 9.17) is 0 Å². The van der Waals surface area contributed by atoms with Crippen molar-refractivity contribution in [1.29, 1.82) is 0 Å². The van der Waals surface area contributed by atoms with Gasteiger partial charge in [0, 0.05) is 23.6 Å². The SMILES string of the molecule is O=C(Nc1ccc(Nc2cc(Nc3ccccn3)ncn2)cc1)c1cnc2ccccc2n1. The molecule has 0 spiro atoms. The minimum Gasteiger partial charge on any atom is -0.340 e. The van der Waals surface area contributed by atoms with Crippen molar-refractivity contribution in [3.8, 4) is 0 Å². The normalized spacial score (nSPS) is 10.5. The molecule has 0 radical (unpaired) electrons. The van der Waals surface area contributed by atoms with Crippen LogP contribution in [0.3, 0.4) is 0 Å². The molecule has 5 rings (SSSR count). The van der Waals surface area contributed by atoms with Gasteiger partial charge in [0.05, 0.1) is 17.2 Å². The molecule has 3 heterocycles. The summed E-state index contributed by atoms with van der Waals surface area (Å²) in [6, 6.07) is 22.1. The lowest BCUT2D eigenvalue weighted by Crippen LogP contribution is -2.14. The molecular weight excluding hydrogens is 416 g/mol. The molecule has 9 nitrogen and oxygen atoms in total. The number of amides is 1. The van der Waals surface area contributed by atoms with Crippen molar-refractivity contribution in [3.63, 3.8) is 0 Å². The van der Waals surface area contributed by atoms with Crippen molar-refractivity contribution in [2.45, 2.75) is 0 Å². The Hall–Kier alpha value is -4.92. The molecule has 3 N–H and O–H groups in total. The molecule has 1 amide bonds. The number of aromatic nitrogens is 5. The van der Waals surface area contributed by atoms with Gasteiger partial charge in [-0.2, -0.15) is 0 Å². The van der Waals surface area contributed by atoms with Gasteiger partial charge >= 0.3 is 0 Å². The summed E-state index contributed by atoms with van der Waals surface area (Å²) >= 11 is 0. The Bertz CT molecular complexity index is 1410. The predicted octanol–water partition coefficient (Wildman–Crippen LogP) is 4.55. The van der Waals surface area contributed by atoms with E-state index in [1.807, 2.05) is 54.6 Å². The Morgan fingerprint density at radius 2 is 1.39 bits per heavy atom. The highest BCUT2D eigenvalue weighted by atomic mass is 16.1. The monoisotopic (exact) mass is 434 g/mol. The zero-order chi connectivity index (χ0) is 22.5. The molecule has 5 aromatic rings. The number of pyridine rings is 1. The third-order valence-electron chi connectivity index (χ3n) is 4.68. The molecule has 160 valence electrons. The van der Waals surface area contributed by atoms with Crippen molar-refractivity contribution >= 4 is 45.8 Å². The summed E-state index contributed by atoms with van der Waals surface area (Å²) in [5.74, 6) is 1.60. The number of nitrogens with zero attached hydrogens (tertiary/aromatic N) is 5. The maximum atomic E-state index is 12.6.